The molecule has 0 atom stereocenters. The third kappa shape index (κ3) is 14.4. The number of rotatable bonds is 25. The molecular weight excluding hydrogens is 682 g/mol. The molecule has 0 aromatic heterocycles. The van der Waals surface area contributed by atoms with Crippen molar-refractivity contribution in [3.8, 4) is 0 Å². The van der Waals surface area contributed by atoms with Gasteiger partial charge in [0.15, 0.2) is 33.2 Å². The number of unbranched alkanes of at least 4 members (excludes halogenated alkanes) is 10. The summed E-state index contributed by atoms with van der Waals surface area (Å²) in [6, 6.07) is 31.5. The molecule has 0 N–H and O–H groups in total. The van der Waals surface area contributed by atoms with Crippen molar-refractivity contribution in [2.24, 2.45) is 0 Å². The van der Waals surface area contributed by atoms with E-state index < -0.39 is 4.90 Å². The average molecular weight is 742 g/mol. The van der Waals surface area contributed by atoms with E-state index in [1.165, 1.54) is 92.1 Å². The first-order valence-corrected chi connectivity index (χ1v) is 22.4. The fraction of sp³-hybridized carbons (Fsp3) is 0.512. The molecule has 0 saturated carbocycles. The molecule has 0 unspecified atom stereocenters. The molecule has 0 amide bonds. The Kier molecular flexibility index (Phi) is 20.0. The maximum Gasteiger partial charge on any atom is 0.173 e. The molecule has 0 spiro atoms. The summed E-state index contributed by atoms with van der Waals surface area (Å²) in [7, 11) is 0. The third-order valence-electron chi connectivity index (χ3n) is 8.43. The van der Waals surface area contributed by atoms with Crippen molar-refractivity contribution in [1.82, 2.24) is 0 Å². The Morgan fingerprint density at radius 2 is 1.04 bits per heavy atom. The van der Waals surface area contributed by atoms with Crippen molar-refractivity contribution < 1.29 is 9.47 Å². The van der Waals surface area contributed by atoms with E-state index in [1.54, 1.807) is 0 Å². The fourth-order valence-corrected chi connectivity index (χ4v) is 11.2. The molecule has 0 aliphatic carbocycles. The highest BCUT2D eigenvalue weighted by atomic mass is 127. The minimum absolute atomic E-state index is 0.00953. The average Bonchev–Trinajstić information content (AvgIpc) is 3.09. The minimum Gasteiger partial charge on any atom is -0.353 e. The van der Waals surface area contributed by atoms with Gasteiger partial charge in [-0.25, -0.2) is 0 Å². The van der Waals surface area contributed by atoms with Gasteiger partial charge in [0.25, 0.3) is 0 Å². The van der Waals surface area contributed by atoms with Gasteiger partial charge < -0.3 is 9.47 Å². The van der Waals surface area contributed by atoms with E-state index in [0.29, 0.717) is 0 Å². The van der Waals surface area contributed by atoms with Gasteiger partial charge in [-0.1, -0.05) is 119 Å². The molecule has 0 fully saturated rings. The Labute approximate surface area is 289 Å². The molecule has 45 heavy (non-hydrogen) atoms. The van der Waals surface area contributed by atoms with Crippen LogP contribution in [0.15, 0.2) is 97.1 Å². The van der Waals surface area contributed by atoms with Gasteiger partial charge in [0.05, 0.1) is 0 Å². The van der Waals surface area contributed by atoms with Crippen LogP contribution >= 0.6 is 26.9 Å². The van der Waals surface area contributed by atoms with Crippen molar-refractivity contribution in [2.75, 3.05) is 13.2 Å². The van der Waals surface area contributed by atoms with Crippen LogP contribution in [0.1, 0.15) is 116 Å². The van der Waals surface area contributed by atoms with Crippen LogP contribution in [0.25, 0.3) is 0 Å². The normalized spacial score (nSPS) is 12.0. The Balaban J connectivity index is 1.34. The van der Waals surface area contributed by atoms with Crippen molar-refractivity contribution in [2.45, 2.75) is 123 Å². The second-order valence-electron chi connectivity index (χ2n) is 12.2. The van der Waals surface area contributed by atoms with Gasteiger partial charge in [0.1, 0.15) is 15.9 Å². The van der Waals surface area contributed by atoms with E-state index >= 15 is 0 Å². The van der Waals surface area contributed by atoms with E-state index in [0.717, 1.165) is 45.3 Å². The van der Waals surface area contributed by atoms with Crippen molar-refractivity contribution >= 4 is 42.9 Å². The van der Waals surface area contributed by atoms with Gasteiger partial charge in [-0.15, -0.1) is 0 Å². The number of hydrogen-bond donors (Lipinski definition) is 0. The van der Waals surface area contributed by atoms with Gasteiger partial charge in [0, 0.05) is 13.2 Å². The highest BCUT2D eigenvalue weighted by Crippen LogP contribution is 2.63. The maximum atomic E-state index is 6.13. The second-order valence-corrected chi connectivity index (χ2v) is 19.3. The van der Waals surface area contributed by atoms with Crippen molar-refractivity contribution in [1.29, 1.82) is 0 Å². The molecule has 0 radical (unpaired) electrons. The summed E-state index contributed by atoms with van der Waals surface area (Å²) in [5, 5.41) is 4.28. The van der Waals surface area contributed by atoms with Crippen LogP contribution in [0.2, 0.25) is 0 Å². The molecule has 0 heterocycles. The fourth-order valence-electron chi connectivity index (χ4n) is 5.69. The summed E-state index contributed by atoms with van der Waals surface area (Å²) in [5.74, 6) is 0. The van der Waals surface area contributed by atoms with Gasteiger partial charge in [0.2, 0.25) is 0 Å². The largest absolute Gasteiger partial charge is 0.353 e. The summed E-state index contributed by atoms with van der Waals surface area (Å²) < 4.78 is 12.3. The van der Waals surface area contributed by atoms with Crippen LogP contribution in [0.3, 0.4) is 0 Å². The highest BCUT2D eigenvalue weighted by molar-refractivity contribution is 14.2. The number of hydrogen-bond acceptors (Lipinski definition) is 2. The standard InChI is InChI=1S/C41H59IO2P/c1-3-5-7-23-35-43-41(44-36-24-8-6-4-2)30-22-14-12-10-9-11-13-17-25-37-31-33-40(34-32-37)45(42,38-26-18-15-19-27-38)39-28-20-16-21-29-39/h9,11,15-16,18-21,26-29,31-34,41H,3-8,10,12-14,17,22-25,30,35-36H2,1-2H3/q+1/b11-9+. The third-order valence-corrected chi connectivity index (χ3v) is 16.5. The Bertz CT molecular complexity index is 1100. The first-order valence-electron chi connectivity index (χ1n) is 17.9. The number of allylic oxidation sites excluding steroid dienone is 2. The lowest BCUT2D eigenvalue weighted by Gasteiger charge is -2.20. The molecule has 2 nitrogen and oxygen atoms in total. The Morgan fingerprint density at radius 3 is 1.58 bits per heavy atom. The van der Waals surface area contributed by atoms with E-state index in [2.05, 4.69) is 133 Å². The molecule has 0 aliphatic heterocycles. The Hall–Kier alpha value is -1.52. The van der Waals surface area contributed by atoms with Crippen LogP contribution in [0, 0.1) is 0 Å². The predicted molar refractivity (Wildman–Crippen MR) is 208 cm³/mol. The molecule has 3 aromatic rings. The quantitative estimate of drug-likeness (QED) is 0.0283. The number of benzene rings is 3. The summed E-state index contributed by atoms with van der Waals surface area (Å²) in [5.41, 5.74) is 1.44. The van der Waals surface area contributed by atoms with Crippen LogP contribution in [-0.4, -0.2) is 19.5 Å². The maximum absolute atomic E-state index is 6.13. The monoisotopic (exact) mass is 741 g/mol. The zero-order valence-corrected chi connectivity index (χ0v) is 31.2. The molecule has 3 rings (SSSR count). The number of aryl methyl sites for hydroxylation is 1. The van der Waals surface area contributed by atoms with Crippen LogP contribution < -0.4 is 15.9 Å². The first kappa shape index (κ1) is 37.9. The summed E-state index contributed by atoms with van der Waals surface area (Å²) in [6.07, 6.45) is 24.1. The molecule has 4 heteroatoms. The molecular formula is C41H59IO2P+. The van der Waals surface area contributed by atoms with Crippen LogP contribution in [-0.2, 0) is 15.9 Å². The van der Waals surface area contributed by atoms with Gasteiger partial charge in [-0.3, -0.25) is 0 Å². The van der Waals surface area contributed by atoms with E-state index in [9.17, 15) is 0 Å². The SMILES string of the molecule is CCCCCCOC(CCCCC/C=C/CCCc1ccc([P+](I)(c2ccccc2)c2ccccc2)cc1)OCCCCCC. The summed E-state index contributed by atoms with van der Waals surface area (Å²) >= 11 is 2.75. The van der Waals surface area contributed by atoms with E-state index in [4.69, 9.17) is 9.47 Å². The zero-order valence-electron chi connectivity index (χ0n) is 28.2. The first-order chi connectivity index (χ1) is 22.2. The van der Waals surface area contributed by atoms with Gasteiger partial charge in [-0.2, -0.15) is 0 Å². The summed E-state index contributed by atoms with van der Waals surface area (Å²) in [4.78, 5) is -1.68. The smallest absolute Gasteiger partial charge is 0.173 e. The zero-order chi connectivity index (χ0) is 31.8. The Morgan fingerprint density at radius 1 is 0.556 bits per heavy atom. The van der Waals surface area contributed by atoms with Crippen molar-refractivity contribution in [3.63, 3.8) is 0 Å². The number of ether oxygens (including phenoxy) is 2. The van der Waals surface area contributed by atoms with Crippen LogP contribution in [0.4, 0.5) is 0 Å². The topological polar surface area (TPSA) is 18.5 Å². The molecule has 3 aromatic carbocycles. The predicted octanol–water partition coefficient (Wildman–Crippen LogP) is 11.7. The molecule has 246 valence electrons. The summed E-state index contributed by atoms with van der Waals surface area (Å²) in [6.45, 7) is 6.20. The van der Waals surface area contributed by atoms with Crippen LogP contribution in [0.5, 0.6) is 0 Å². The lowest BCUT2D eigenvalue weighted by molar-refractivity contribution is -0.148. The number of halogens is 1. The van der Waals surface area contributed by atoms with Gasteiger partial charge in [-0.05, 0) is 99.7 Å². The lowest BCUT2D eigenvalue weighted by atomic mass is 10.1. The molecule has 0 bridgehead atoms. The molecule has 0 saturated heterocycles. The van der Waals surface area contributed by atoms with E-state index in [-0.39, 0.29) is 6.29 Å². The van der Waals surface area contributed by atoms with Gasteiger partial charge >= 0.3 is 0 Å². The second kappa shape index (κ2) is 23.7. The lowest BCUT2D eigenvalue weighted by Crippen LogP contribution is -2.26. The highest BCUT2D eigenvalue weighted by Gasteiger charge is 2.43. The van der Waals surface area contributed by atoms with Crippen molar-refractivity contribution in [3.05, 3.63) is 103 Å². The molecule has 0 aliphatic rings. The minimum atomic E-state index is -1.68. The van der Waals surface area contributed by atoms with E-state index in [1.807, 2.05) is 0 Å².